The van der Waals surface area contributed by atoms with Crippen molar-refractivity contribution in [2.75, 3.05) is 20.6 Å². The van der Waals surface area contributed by atoms with Gasteiger partial charge in [0.1, 0.15) is 30.8 Å². The van der Waals surface area contributed by atoms with Crippen molar-refractivity contribution in [2.24, 2.45) is 0 Å². The van der Waals surface area contributed by atoms with E-state index in [4.69, 9.17) is 26.2 Å². The number of aliphatic hydroxyl groups excluding tert-OH is 1. The molecular weight excluding hydrogens is 676 g/mol. The van der Waals surface area contributed by atoms with E-state index in [0.29, 0.717) is 33.2 Å². The number of aliphatic carboxylic acids is 1. The molecule has 0 bridgehead atoms. The van der Waals surface area contributed by atoms with Crippen LogP contribution in [0.1, 0.15) is 45.4 Å². The standard InChI is InChI=1S/C42H43ClN4O5/c1-27-33(11-8-12-36(27)37-14-13-32(24-47(3)4)42(28(37)2)31-9-6-5-7-10-31)26-52-40-18-39(51-25-30-15-29(19-44)20-45-21-30)34(16-38(40)43)22-46-23-35(48)17-41(49)50/h5-16,18,20-21,35,46,48H,17,22-26H2,1-4H3,(H,49,50)/t35-/m0/s1. The van der Waals surface area contributed by atoms with Gasteiger partial charge in [0.15, 0.2) is 0 Å². The van der Waals surface area contributed by atoms with Crippen molar-refractivity contribution in [3.63, 3.8) is 0 Å². The Morgan fingerprint density at radius 1 is 0.904 bits per heavy atom. The first kappa shape index (κ1) is 38.0. The Hall–Kier alpha value is -5.24. The van der Waals surface area contributed by atoms with Gasteiger partial charge in [0.05, 0.1) is 23.1 Å². The molecule has 0 radical (unpaired) electrons. The van der Waals surface area contributed by atoms with E-state index in [0.717, 1.165) is 28.8 Å². The number of aliphatic hydroxyl groups is 1. The van der Waals surface area contributed by atoms with Crippen molar-refractivity contribution in [3.8, 4) is 39.8 Å². The van der Waals surface area contributed by atoms with Crippen molar-refractivity contribution >= 4 is 17.6 Å². The van der Waals surface area contributed by atoms with Crippen LogP contribution in [0.25, 0.3) is 22.3 Å². The summed E-state index contributed by atoms with van der Waals surface area (Å²) in [4.78, 5) is 17.3. The number of nitrogens with zero attached hydrogens (tertiary/aromatic N) is 3. The van der Waals surface area contributed by atoms with E-state index in [9.17, 15) is 15.2 Å². The number of nitriles is 1. The second kappa shape index (κ2) is 17.8. The third-order valence-electron chi connectivity index (χ3n) is 8.76. The Kier molecular flexibility index (Phi) is 13.0. The number of ether oxygens (including phenoxy) is 2. The molecular formula is C42H43ClN4O5. The van der Waals surface area contributed by atoms with E-state index >= 15 is 0 Å². The average molecular weight is 719 g/mol. The second-order valence-corrected chi connectivity index (χ2v) is 13.4. The van der Waals surface area contributed by atoms with Crippen molar-refractivity contribution in [3.05, 3.63) is 135 Å². The fourth-order valence-electron chi connectivity index (χ4n) is 6.22. The third-order valence-corrected chi connectivity index (χ3v) is 9.05. The van der Waals surface area contributed by atoms with Crippen LogP contribution < -0.4 is 14.8 Å². The molecule has 10 heteroatoms. The van der Waals surface area contributed by atoms with Crippen LogP contribution in [0.3, 0.4) is 0 Å². The van der Waals surface area contributed by atoms with Crippen molar-refractivity contribution < 1.29 is 24.5 Å². The summed E-state index contributed by atoms with van der Waals surface area (Å²) in [5.41, 5.74) is 11.1. The smallest absolute Gasteiger partial charge is 0.306 e. The molecule has 1 heterocycles. The monoisotopic (exact) mass is 718 g/mol. The summed E-state index contributed by atoms with van der Waals surface area (Å²) < 4.78 is 12.6. The van der Waals surface area contributed by atoms with Gasteiger partial charge in [-0.15, -0.1) is 0 Å². The van der Waals surface area contributed by atoms with Gasteiger partial charge in [0.25, 0.3) is 0 Å². The molecule has 0 amide bonds. The molecule has 5 rings (SSSR count). The maximum absolute atomic E-state index is 11.0. The predicted molar refractivity (Wildman–Crippen MR) is 203 cm³/mol. The summed E-state index contributed by atoms with van der Waals surface area (Å²) in [6.07, 6.45) is 1.69. The molecule has 5 aromatic rings. The number of benzene rings is 4. The molecule has 0 spiro atoms. The quantitative estimate of drug-likeness (QED) is 0.0940. The highest BCUT2D eigenvalue weighted by Gasteiger charge is 2.18. The van der Waals surface area contributed by atoms with Crippen LogP contribution in [0.4, 0.5) is 0 Å². The number of pyridine rings is 1. The van der Waals surface area contributed by atoms with Crippen LogP contribution in [0.2, 0.25) is 5.02 Å². The molecule has 4 aromatic carbocycles. The number of hydrogen-bond acceptors (Lipinski definition) is 8. The molecule has 0 fully saturated rings. The molecule has 0 aliphatic heterocycles. The lowest BCUT2D eigenvalue weighted by Gasteiger charge is -2.21. The lowest BCUT2D eigenvalue weighted by atomic mass is 9.86. The lowest BCUT2D eigenvalue weighted by molar-refractivity contribution is -0.139. The van der Waals surface area contributed by atoms with Crippen molar-refractivity contribution in [1.82, 2.24) is 15.2 Å². The molecule has 9 nitrogen and oxygen atoms in total. The number of rotatable bonds is 16. The number of halogens is 1. The number of carboxylic acid groups (broad SMARTS) is 1. The Bertz CT molecular complexity index is 2060. The molecule has 52 heavy (non-hydrogen) atoms. The van der Waals surface area contributed by atoms with Crippen LogP contribution in [0.5, 0.6) is 11.5 Å². The van der Waals surface area contributed by atoms with E-state index in [1.807, 2.05) is 18.2 Å². The summed E-state index contributed by atoms with van der Waals surface area (Å²) in [5, 5.41) is 31.8. The lowest BCUT2D eigenvalue weighted by Crippen LogP contribution is -2.28. The Morgan fingerprint density at radius 3 is 2.38 bits per heavy atom. The largest absolute Gasteiger partial charge is 0.488 e. The Balaban J connectivity index is 1.41. The highest BCUT2D eigenvalue weighted by atomic mass is 35.5. The minimum Gasteiger partial charge on any atom is -0.488 e. The summed E-state index contributed by atoms with van der Waals surface area (Å²) in [7, 11) is 4.17. The van der Waals surface area contributed by atoms with Gasteiger partial charge >= 0.3 is 5.97 Å². The summed E-state index contributed by atoms with van der Waals surface area (Å²) >= 11 is 6.76. The third kappa shape index (κ3) is 9.75. The van der Waals surface area contributed by atoms with Gasteiger partial charge < -0.3 is 29.9 Å². The number of carboxylic acids is 1. The number of hydrogen-bond donors (Lipinski definition) is 3. The minimum atomic E-state index is -1.08. The van der Waals surface area contributed by atoms with Gasteiger partial charge in [-0.1, -0.05) is 72.3 Å². The SMILES string of the molecule is Cc1c(COc2cc(OCc3cncc(C#N)c3)c(CNC[C@@H](O)CC(=O)O)cc2Cl)cccc1-c1ccc(CN(C)C)c(-c2ccccc2)c1C. The van der Waals surface area contributed by atoms with E-state index in [2.05, 4.69) is 91.7 Å². The summed E-state index contributed by atoms with van der Waals surface area (Å²) in [6, 6.07) is 28.4. The van der Waals surface area contributed by atoms with Gasteiger partial charge in [0, 0.05) is 49.2 Å². The molecule has 3 N–H and O–H groups in total. The van der Waals surface area contributed by atoms with Crippen LogP contribution in [0, 0.1) is 25.2 Å². The summed E-state index contributed by atoms with van der Waals surface area (Å²) in [6.45, 7) is 5.84. The molecule has 1 aromatic heterocycles. The normalized spacial score (nSPS) is 11.7. The number of aromatic nitrogens is 1. The Morgan fingerprint density at radius 2 is 1.65 bits per heavy atom. The number of carbonyl (C=O) groups is 1. The first-order valence-corrected chi connectivity index (χ1v) is 17.4. The fraction of sp³-hybridized carbons (Fsp3) is 0.262. The van der Waals surface area contributed by atoms with Crippen LogP contribution in [-0.2, 0) is 31.1 Å². The zero-order chi connectivity index (χ0) is 37.2. The van der Waals surface area contributed by atoms with Crippen LogP contribution in [-0.4, -0.2) is 52.8 Å². The van der Waals surface area contributed by atoms with E-state index in [1.54, 1.807) is 24.4 Å². The van der Waals surface area contributed by atoms with E-state index < -0.39 is 12.1 Å². The molecule has 0 aliphatic rings. The molecule has 0 unspecified atom stereocenters. The topological polar surface area (TPSA) is 128 Å². The molecule has 0 saturated heterocycles. The van der Waals surface area contributed by atoms with E-state index in [1.165, 1.54) is 28.5 Å². The molecule has 0 aliphatic carbocycles. The van der Waals surface area contributed by atoms with Crippen molar-refractivity contribution in [1.29, 1.82) is 5.26 Å². The van der Waals surface area contributed by atoms with Gasteiger partial charge in [-0.2, -0.15) is 5.26 Å². The van der Waals surface area contributed by atoms with Gasteiger partial charge in [-0.25, -0.2) is 0 Å². The maximum Gasteiger partial charge on any atom is 0.306 e. The summed E-state index contributed by atoms with van der Waals surface area (Å²) in [5.74, 6) is -0.174. The second-order valence-electron chi connectivity index (χ2n) is 13.0. The molecule has 0 saturated carbocycles. The zero-order valence-electron chi connectivity index (χ0n) is 29.8. The zero-order valence-corrected chi connectivity index (χ0v) is 30.6. The van der Waals surface area contributed by atoms with Crippen LogP contribution >= 0.6 is 11.6 Å². The number of nitrogens with one attached hydrogen (secondary N) is 1. The van der Waals surface area contributed by atoms with Gasteiger partial charge in [-0.05, 0) is 84.6 Å². The van der Waals surface area contributed by atoms with E-state index in [-0.39, 0.29) is 32.7 Å². The fourth-order valence-corrected chi connectivity index (χ4v) is 6.46. The minimum absolute atomic E-state index is 0.0655. The van der Waals surface area contributed by atoms with Crippen molar-refractivity contribution in [2.45, 2.75) is 52.7 Å². The highest BCUT2D eigenvalue weighted by Crippen LogP contribution is 2.38. The maximum atomic E-state index is 11.0. The average Bonchev–Trinajstić information content (AvgIpc) is 3.11. The Labute approximate surface area is 310 Å². The molecule has 268 valence electrons. The first-order chi connectivity index (χ1) is 25.0. The highest BCUT2D eigenvalue weighted by molar-refractivity contribution is 6.32. The predicted octanol–water partition coefficient (Wildman–Crippen LogP) is 7.70. The van der Waals surface area contributed by atoms with Gasteiger partial charge in [0.2, 0.25) is 0 Å². The first-order valence-electron chi connectivity index (χ1n) is 17.0. The van der Waals surface area contributed by atoms with Crippen LogP contribution in [0.15, 0.2) is 91.3 Å². The molecule has 1 atom stereocenters. The van der Waals surface area contributed by atoms with Gasteiger partial charge in [-0.3, -0.25) is 9.78 Å².